The van der Waals surface area contributed by atoms with Gasteiger partial charge < -0.3 is 14.4 Å². The van der Waals surface area contributed by atoms with Gasteiger partial charge in [-0.1, -0.05) is 0 Å². The lowest BCUT2D eigenvalue weighted by Crippen LogP contribution is -2.42. The monoisotopic (exact) mass is 362 g/mol. The van der Waals surface area contributed by atoms with Crippen LogP contribution in [-0.2, 0) is 4.74 Å². The Morgan fingerprint density at radius 3 is 2.48 bits per heavy atom. The lowest BCUT2D eigenvalue weighted by Gasteiger charge is -2.33. The first-order chi connectivity index (χ1) is 11.6. The number of nitrogens with zero attached hydrogens (tertiary/aromatic N) is 4. The maximum atomic E-state index is 12.3. The number of rotatable bonds is 4. The predicted octanol–water partition coefficient (Wildman–Crippen LogP) is 2.96. The minimum Gasteiger partial charge on any atom is -0.444 e. The van der Waals surface area contributed by atoms with Gasteiger partial charge in [-0.25, -0.2) is 4.79 Å². The average Bonchev–Trinajstić information content (AvgIpc) is 2.89. The molecule has 25 heavy (non-hydrogen) atoms. The third kappa shape index (κ3) is 5.00. The minimum absolute atomic E-state index is 0.257. The Morgan fingerprint density at radius 1 is 1.40 bits per heavy atom. The molecule has 1 aliphatic heterocycles. The van der Waals surface area contributed by atoms with E-state index in [0.717, 1.165) is 6.20 Å². The van der Waals surface area contributed by atoms with Crippen LogP contribution in [0, 0.1) is 10.1 Å². The molecule has 0 bridgehead atoms. The van der Waals surface area contributed by atoms with Crippen molar-refractivity contribution < 1.29 is 28.0 Å². The molecule has 1 aliphatic rings. The molecule has 0 spiro atoms. The summed E-state index contributed by atoms with van der Waals surface area (Å²) in [6.45, 7) is 2.86. The van der Waals surface area contributed by atoms with Crippen LogP contribution in [-0.4, -0.2) is 51.0 Å². The molecule has 140 valence electrons. The molecule has 0 atom stereocenters. The second-order valence-corrected chi connectivity index (χ2v) is 6.63. The van der Waals surface area contributed by atoms with Crippen LogP contribution in [0.2, 0.25) is 0 Å². The number of likely N-dealkylation sites (tertiary alicyclic amines) is 1. The van der Waals surface area contributed by atoms with Crippen LogP contribution in [0.4, 0.5) is 19.3 Å². The smallest absolute Gasteiger partial charge is 0.410 e. The van der Waals surface area contributed by atoms with Gasteiger partial charge in [0.2, 0.25) is 0 Å². The number of carbonyl (C=O) groups excluding carboxylic acids is 1. The molecule has 11 heteroatoms. The molecule has 1 amide bonds. The van der Waals surface area contributed by atoms with E-state index in [2.05, 4.69) is 9.84 Å². The predicted molar refractivity (Wildman–Crippen MR) is 81.6 cm³/mol. The van der Waals surface area contributed by atoms with E-state index in [0.29, 0.717) is 25.9 Å². The number of hydrogen-bond acceptors (Lipinski definition) is 6. The standard InChI is InChI=1S/C14H20F2N4O5/c1-14(2,3)25-13(21)18-6-4-9(5-7-18)19-8-10(20(22)23)11(17-19)24-12(15)16/h8-9,12H,4-7H2,1-3H3. The van der Waals surface area contributed by atoms with E-state index in [-0.39, 0.29) is 6.04 Å². The molecule has 1 fully saturated rings. The van der Waals surface area contributed by atoms with Crippen molar-refractivity contribution in [2.24, 2.45) is 0 Å². The molecule has 2 rings (SSSR count). The highest BCUT2D eigenvalue weighted by Crippen LogP contribution is 2.31. The van der Waals surface area contributed by atoms with Crippen molar-refractivity contribution in [1.29, 1.82) is 0 Å². The number of carbonyl (C=O) groups is 1. The van der Waals surface area contributed by atoms with Crippen LogP contribution in [0.3, 0.4) is 0 Å². The Balaban J connectivity index is 2.03. The molecule has 1 aromatic heterocycles. The fourth-order valence-electron chi connectivity index (χ4n) is 2.49. The van der Waals surface area contributed by atoms with E-state index in [9.17, 15) is 23.7 Å². The number of nitro groups is 1. The number of halogens is 2. The van der Waals surface area contributed by atoms with Crippen molar-refractivity contribution >= 4 is 11.8 Å². The summed E-state index contributed by atoms with van der Waals surface area (Å²) in [4.78, 5) is 23.7. The number of ether oxygens (including phenoxy) is 2. The Hall–Kier alpha value is -2.46. The van der Waals surface area contributed by atoms with Gasteiger partial charge in [0.1, 0.15) is 11.8 Å². The molecule has 0 aliphatic carbocycles. The SMILES string of the molecule is CC(C)(C)OC(=O)N1CCC(n2cc([N+](=O)[O-])c(OC(F)F)n2)CC1. The second kappa shape index (κ2) is 7.19. The number of piperidine rings is 1. The van der Waals surface area contributed by atoms with Crippen LogP contribution in [0.1, 0.15) is 39.7 Å². The second-order valence-electron chi connectivity index (χ2n) is 6.63. The summed E-state index contributed by atoms with van der Waals surface area (Å²) in [5.74, 6) is -0.713. The number of hydrogen-bond donors (Lipinski definition) is 0. The molecule has 0 unspecified atom stereocenters. The maximum absolute atomic E-state index is 12.3. The first kappa shape index (κ1) is 18.9. The zero-order valence-corrected chi connectivity index (χ0v) is 14.1. The lowest BCUT2D eigenvalue weighted by atomic mass is 10.1. The van der Waals surface area contributed by atoms with Crippen molar-refractivity contribution in [3.8, 4) is 5.88 Å². The highest BCUT2D eigenvalue weighted by Gasteiger charge is 2.31. The number of aromatic nitrogens is 2. The van der Waals surface area contributed by atoms with Gasteiger partial charge in [-0.3, -0.25) is 14.8 Å². The van der Waals surface area contributed by atoms with E-state index >= 15 is 0 Å². The van der Waals surface area contributed by atoms with Gasteiger partial charge >= 0.3 is 24.3 Å². The Kier molecular flexibility index (Phi) is 5.43. The molecule has 2 heterocycles. The van der Waals surface area contributed by atoms with Gasteiger partial charge in [0, 0.05) is 13.1 Å². The minimum atomic E-state index is -3.20. The Morgan fingerprint density at radius 2 is 2.00 bits per heavy atom. The zero-order valence-electron chi connectivity index (χ0n) is 14.1. The van der Waals surface area contributed by atoms with Crippen molar-refractivity contribution in [3.63, 3.8) is 0 Å². The third-order valence-corrected chi connectivity index (χ3v) is 3.57. The molecular weight excluding hydrogens is 342 g/mol. The maximum Gasteiger partial charge on any atom is 0.410 e. The summed E-state index contributed by atoms with van der Waals surface area (Å²) in [6.07, 6.45) is 1.57. The summed E-state index contributed by atoms with van der Waals surface area (Å²) in [7, 11) is 0. The van der Waals surface area contributed by atoms with Gasteiger partial charge in [0.25, 0.3) is 0 Å². The Bertz CT molecular complexity index is 636. The summed E-state index contributed by atoms with van der Waals surface area (Å²) in [5, 5.41) is 14.7. The highest BCUT2D eigenvalue weighted by molar-refractivity contribution is 5.68. The quantitative estimate of drug-likeness (QED) is 0.603. The summed E-state index contributed by atoms with van der Waals surface area (Å²) in [6, 6.07) is -0.257. The number of alkyl halides is 2. The molecule has 0 aromatic carbocycles. The van der Waals surface area contributed by atoms with Gasteiger partial charge in [-0.15, -0.1) is 5.10 Å². The fraction of sp³-hybridized carbons (Fsp3) is 0.714. The molecule has 0 N–H and O–H groups in total. The Labute approximate surface area is 142 Å². The van der Waals surface area contributed by atoms with Crippen molar-refractivity contribution in [2.45, 2.75) is 51.9 Å². The molecule has 9 nitrogen and oxygen atoms in total. The van der Waals surface area contributed by atoms with Crippen molar-refractivity contribution in [1.82, 2.24) is 14.7 Å². The van der Waals surface area contributed by atoms with Crippen LogP contribution >= 0.6 is 0 Å². The average molecular weight is 362 g/mol. The third-order valence-electron chi connectivity index (χ3n) is 3.57. The van der Waals surface area contributed by atoms with Crippen LogP contribution in [0.25, 0.3) is 0 Å². The van der Waals surface area contributed by atoms with Gasteiger partial charge in [0.15, 0.2) is 0 Å². The first-order valence-electron chi connectivity index (χ1n) is 7.73. The molecule has 1 saturated heterocycles. The zero-order chi connectivity index (χ0) is 18.8. The molecule has 0 saturated carbocycles. The summed E-state index contributed by atoms with van der Waals surface area (Å²) >= 11 is 0. The molecule has 1 aromatic rings. The van der Waals surface area contributed by atoms with Crippen LogP contribution in [0.5, 0.6) is 5.88 Å². The van der Waals surface area contributed by atoms with Gasteiger partial charge in [-0.05, 0) is 33.6 Å². The first-order valence-corrected chi connectivity index (χ1v) is 7.73. The van der Waals surface area contributed by atoms with E-state index in [1.165, 1.54) is 9.58 Å². The summed E-state index contributed by atoms with van der Waals surface area (Å²) in [5.41, 5.74) is -1.22. The summed E-state index contributed by atoms with van der Waals surface area (Å²) < 4.78 is 35.3. The van der Waals surface area contributed by atoms with Crippen LogP contribution < -0.4 is 4.74 Å². The van der Waals surface area contributed by atoms with E-state index in [1.54, 1.807) is 20.8 Å². The van der Waals surface area contributed by atoms with Crippen LogP contribution in [0.15, 0.2) is 6.20 Å². The van der Waals surface area contributed by atoms with E-state index in [4.69, 9.17) is 4.74 Å². The van der Waals surface area contributed by atoms with E-state index < -0.39 is 34.8 Å². The van der Waals surface area contributed by atoms with Crippen molar-refractivity contribution in [3.05, 3.63) is 16.3 Å². The van der Waals surface area contributed by atoms with Gasteiger partial charge in [0.05, 0.1) is 11.0 Å². The number of amides is 1. The largest absolute Gasteiger partial charge is 0.444 e. The fourth-order valence-corrected chi connectivity index (χ4v) is 2.49. The van der Waals surface area contributed by atoms with Gasteiger partial charge in [-0.2, -0.15) is 8.78 Å². The topological polar surface area (TPSA) is 99.7 Å². The lowest BCUT2D eigenvalue weighted by molar-refractivity contribution is -0.386. The highest BCUT2D eigenvalue weighted by atomic mass is 19.3. The normalized spacial score (nSPS) is 16.2. The van der Waals surface area contributed by atoms with E-state index in [1.807, 2.05) is 0 Å². The molecule has 0 radical (unpaired) electrons. The molecular formula is C14H20F2N4O5. The van der Waals surface area contributed by atoms with Crippen molar-refractivity contribution in [2.75, 3.05) is 13.1 Å².